The average Bonchev–Trinajstić information content (AvgIpc) is 2.97. The molecule has 2 atom stereocenters. The van der Waals surface area contributed by atoms with Gasteiger partial charge < -0.3 is 15.5 Å². The van der Waals surface area contributed by atoms with Gasteiger partial charge in [0.15, 0.2) is 5.58 Å². The number of thioether (sulfide) groups is 1. The SMILES string of the molecule is CCSC1CCCC1Nc1nc2cc(N)ccc2o1. The maximum absolute atomic E-state index is 5.75. The van der Waals surface area contributed by atoms with Crippen LogP contribution in [0.1, 0.15) is 26.2 Å². The molecule has 0 saturated heterocycles. The number of fused-ring (bicyclic) bond motifs is 1. The summed E-state index contributed by atoms with van der Waals surface area (Å²) in [7, 11) is 0. The van der Waals surface area contributed by atoms with Crippen molar-refractivity contribution in [2.45, 2.75) is 37.5 Å². The molecule has 1 aromatic heterocycles. The molecule has 19 heavy (non-hydrogen) atoms. The van der Waals surface area contributed by atoms with Gasteiger partial charge in [-0.15, -0.1) is 0 Å². The first kappa shape index (κ1) is 12.7. The minimum absolute atomic E-state index is 0.468. The van der Waals surface area contributed by atoms with Gasteiger partial charge in [-0.1, -0.05) is 13.3 Å². The maximum atomic E-state index is 5.75. The fourth-order valence-corrected chi connectivity index (χ4v) is 3.87. The average molecular weight is 277 g/mol. The van der Waals surface area contributed by atoms with Crippen molar-refractivity contribution in [2.75, 3.05) is 16.8 Å². The van der Waals surface area contributed by atoms with E-state index < -0.39 is 0 Å². The molecule has 0 amide bonds. The molecule has 2 unspecified atom stereocenters. The van der Waals surface area contributed by atoms with Crippen molar-refractivity contribution in [2.24, 2.45) is 0 Å². The quantitative estimate of drug-likeness (QED) is 0.837. The van der Waals surface area contributed by atoms with E-state index in [0.717, 1.165) is 16.9 Å². The van der Waals surface area contributed by atoms with E-state index in [2.05, 4.69) is 17.2 Å². The number of oxazole rings is 1. The first-order chi connectivity index (χ1) is 9.26. The van der Waals surface area contributed by atoms with Crippen molar-refractivity contribution >= 4 is 34.6 Å². The Balaban J connectivity index is 1.77. The van der Waals surface area contributed by atoms with Crippen molar-refractivity contribution in [3.8, 4) is 0 Å². The second kappa shape index (κ2) is 5.33. The number of nitrogens with one attached hydrogen (secondary N) is 1. The van der Waals surface area contributed by atoms with Crippen LogP contribution in [0.15, 0.2) is 22.6 Å². The van der Waals surface area contributed by atoms with E-state index in [-0.39, 0.29) is 0 Å². The van der Waals surface area contributed by atoms with Crippen molar-refractivity contribution in [1.29, 1.82) is 0 Å². The van der Waals surface area contributed by atoms with Gasteiger partial charge in [0, 0.05) is 17.0 Å². The number of nitrogens with zero attached hydrogens (tertiary/aromatic N) is 1. The third-order valence-corrected chi connectivity index (χ3v) is 4.88. The van der Waals surface area contributed by atoms with Gasteiger partial charge in [-0.3, -0.25) is 0 Å². The lowest BCUT2D eigenvalue weighted by Gasteiger charge is -2.18. The molecular formula is C14H19N3OS. The second-order valence-electron chi connectivity index (χ2n) is 4.92. The maximum Gasteiger partial charge on any atom is 0.295 e. The lowest BCUT2D eigenvalue weighted by Crippen LogP contribution is -2.26. The number of hydrogen-bond donors (Lipinski definition) is 2. The highest BCUT2D eigenvalue weighted by molar-refractivity contribution is 7.99. The molecule has 1 aromatic carbocycles. The lowest BCUT2D eigenvalue weighted by atomic mass is 10.2. The number of anilines is 2. The Bertz CT molecular complexity index is 569. The molecule has 1 saturated carbocycles. The minimum atomic E-state index is 0.468. The summed E-state index contributed by atoms with van der Waals surface area (Å²) in [5.74, 6) is 1.16. The summed E-state index contributed by atoms with van der Waals surface area (Å²) in [6.45, 7) is 2.21. The van der Waals surface area contributed by atoms with Gasteiger partial charge in [0.25, 0.3) is 6.01 Å². The van der Waals surface area contributed by atoms with Gasteiger partial charge in [-0.05, 0) is 36.8 Å². The Kier molecular flexibility index (Phi) is 3.55. The topological polar surface area (TPSA) is 64.1 Å². The lowest BCUT2D eigenvalue weighted by molar-refractivity contribution is 0.596. The van der Waals surface area contributed by atoms with E-state index in [9.17, 15) is 0 Å². The summed E-state index contributed by atoms with van der Waals surface area (Å²) < 4.78 is 5.72. The van der Waals surface area contributed by atoms with Crippen LogP contribution in [0.4, 0.5) is 11.7 Å². The Morgan fingerprint density at radius 2 is 2.37 bits per heavy atom. The molecule has 0 radical (unpaired) electrons. The molecular weight excluding hydrogens is 258 g/mol. The molecule has 5 heteroatoms. The Labute approximate surface area is 117 Å². The van der Waals surface area contributed by atoms with E-state index in [1.807, 2.05) is 30.0 Å². The molecule has 4 nitrogen and oxygen atoms in total. The Morgan fingerprint density at radius 3 is 3.21 bits per heavy atom. The number of aromatic nitrogens is 1. The Hall–Kier alpha value is -1.36. The third kappa shape index (κ3) is 2.66. The Morgan fingerprint density at radius 1 is 1.47 bits per heavy atom. The monoisotopic (exact) mass is 277 g/mol. The largest absolute Gasteiger partial charge is 0.424 e. The van der Waals surface area contributed by atoms with Gasteiger partial charge in [-0.2, -0.15) is 16.7 Å². The zero-order chi connectivity index (χ0) is 13.2. The zero-order valence-corrected chi connectivity index (χ0v) is 11.9. The van der Waals surface area contributed by atoms with Crippen molar-refractivity contribution < 1.29 is 4.42 Å². The van der Waals surface area contributed by atoms with Crippen LogP contribution in [0.5, 0.6) is 0 Å². The van der Waals surface area contributed by atoms with E-state index in [0.29, 0.717) is 23.0 Å². The fourth-order valence-electron chi connectivity index (χ4n) is 2.67. The van der Waals surface area contributed by atoms with E-state index in [1.54, 1.807) is 0 Å². The highest BCUT2D eigenvalue weighted by Crippen LogP contribution is 2.32. The molecule has 1 fully saturated rings. The number of hydrogen-bond acceptors (Lipinski definition) is 5. The summed E-state index contributed by atoms with van der Waals surface area (Å²) >= 11 is 2.02. The molecule has 0 bridgehead atoms. The summed E-state index contributed by atoms with van der Waals surface area (Å²) in [6.07, 6.45) is 3.75. The summed E-state index contributed by atoms with van der Waals surface area (Å²) in [4.78, 5) is 4.46. The van der Waals surface area contributed by atoms with Crippen LogP contribution >= 0.6 is 11.8 Å². The van der Waals surface area contributed by atoms with Crippen LogP contribution in [0, 0.1) is 0 Å². The van der Waals surface area contributed by atoms with E-state index in [1.165, 1.54) is 19.3 Å². The minimum Gasteiger partial charge on any atom is -0.424 e. The number of nitrogens with two attached hydrogens (primary N) is 1. The summed E-state index contributed by atoms with van der Waals surface area (Å²) in [5, 5.41) is 4.12. The summed E-state index contributed by atoms with van der Waals surface area (Å²) in [5.41, 5.74) is 8.07. The molecule has 0 spiro atoms. The number of rotatable bonds is 4. The molecule has 1 heterocycles. The second-order valence-corrected chi connectivity index (χ2v) is 6.44. The van der Waals surface area contributed by atoms with Crippen molar-refractivity contribution in [3.63, 3.8) is 0 Å². The zero-order valence-electron chi connectivity index (χ0n) is 11.1. The van der Waals surface area contributed by atoms with E-state index in [4.69, 9.17) is 10.2 Å². The molecule has 1 aliphatic rings. The van der Waals surface area contributed by atoms with Crippen LogP contribution < -0.4 is 11.1 Å². The normalized spacial score (nSPS) is 23.0. The molecule has 1 aliphatic carbocycles. The van der Waals surface area contributed by atoms with Crippen molar-refractivity contribution in [3.05, 3.63) is 18.2 Å². The molecule has 2 aromatic rings. The van der Waals surface area contributed by atoms with Crippen LogP contribution in [-0.2, 0) is 0 Å². The molecule has 3 N–H and O–H groups in total. The van der Waals surface area contributed by atoms with Gasteiger partial charge >= 0.3 is 0 Å². The molecule has 0 aliphatic heterocycles. The predicted octanol–water partition coefficient (Wildman–Crippen LogP) is 3.50. The van der Waals surface area contributed by atoms with Gasteiger partial charge in [-0.25, -0.2) is 0 Å². The standard InChI is InChI=1S/C14H19N3OS/c1-2-19-13-5-3-4-10(13)16-14-17-11-8-9(15)6-7-12(11)18-14/h6-8,10,13H,2-5,15H2,1H3,(H,16,17). The fraction of sp³-hybridized carbons (Fsp3) is 0.500. The van der Waals surface area contributed by atoms with Gasteiger partial charge in [0.1, 0.15) is 5.52 Å². The summed E-state index contributed by atoms with van der Waals surface area (Å²) in [6, 6.07) is 6.64. The smallest absolute Gasteiger partial charge is 0.295 e. The van der Waals surface area contributed by atoms with Crippen molar-refractivity contribution in [1.82, 2.24) is 4.98 Å². The highest BCUT2D eigenvalue weighted by atomic mass is 32.2. The van der Waals surface area contributed by atoms with Gasteiger partial charge in [0.2, 0.25) is 0 Å². The predicted molar refractivity (Wildman–Crippen MR) is 81.6 cm³/mol. The van der Waals surface area contributed by atoms with Crippen LogP contribution in [0.3, 0.4) is 0 Å². The van der Waals surface area contributed by atoms with Gasteiger partial charge in [0.05, 0.1) is 0 Å². The van der Waals surface area contributed by atoms with Crippen LogP contribution in [-0.4, -0.2) is 22.0 Å². The molecule has 102 valence electrons. The number of benzene rings is 1. The first-order valence-corrected chi connectivity index (χ1v) is 7.85. The van der Waals surface area contributed by atoms with Crippen LogP contribution in [0.2, 0.25) is 0 Å². The number of nitrogen functional groups attached to an aromatic ring is 1. The molecule has 3 rings (SSSR count). The van der Waals surface area contributed by atoms with E-state index >= 15 is 0 Å². The third-order valence-electron chi connectivity index (χ3n) is 3.55. The highest BCUT2D eigenvalue weighted by Gasteiger charge is 2.28. The van der Waals surface area contributed by atoms with Crippen LogP contribution in [0.25, 0.3) is 11.1 Å². The first-order valence-electron chi connectivity index (χ1n) is 6.80.